The topological polar surface area (TPSA) is 49.8 Å². The van der Waals surface area contributed by atoms with Crippen LogP contribution in [-0.4, -0.2) is 17.0 Å². The van der Waals surface area contributed by atoms with Crippen molar-refractivity contribution in [2.45, 2.75) is 6.54 Å². The average molecular weight is 293 g/mol. The maximum atomic E-state index is 4.15. The Hall–Kier alpha value is -1.62. The number of benzene rings is 1. The molecule has 1 heterocycles. The summed E-state index contributed by atoms with van der Waals surface area (Å²) in [6.45, 7) is 0.724. The summed E-state index contributed by atoms with van der Waals surface area (Å²) in [5.41, 5.74) is 1.19. The van der Waals surface area contributed by atoms with Gasteiger partial charge in [-0.1, -0.05) is 34.1 Å². The van der Waals surface area contributed by atoms with Crippen molar-refractivity contribution in [3.8, 4) is 0 Å². The van der Waals surface area contributed by atoms with Crippen LogP contribution in [0.4, 0.5) is 11.6 Å². The van der Waals surface area contributed by atoms with Crippen LogP contribution in [0, 0.1) is 0 Å². The molecular formula is C12H13BrN4. The quantitative estimate of drug-likeness (QED) is 0.910. The molecule has 0 atom stereocenters. The standard InChI is InChI=1S/C12H13BrN4/c1-14-11-6-12(17-8-16-11)15-7-9-4-2-3-5-10(9)13/h2-6,8H,7H2,1H3,(H2,14,15,16,17). The predicted octanol–water partition coefficient (Wildman–Crippen LogP) is 2.89. The van der Waals surface area contributed by atoms with Gasteiger partial charge in [-0.3, -0.25) is 0 Å². The third kappa shape index (κ3) is 3.17. The minimum absolute atomic E-state index is 0.724. The van der Waals surface area contributed by atoms with Crippen LogP contribution < -0.4 is 10.6 Å². The third-order valence-electron chi connectivity index (χ3n) is 2.34. The van der Waals surface area contributed by atoms with Crippen molar-refractivity contribution in [2.24, 2.45) is 0 Å². The van der Waals surface area contributed by atoms with Gasteiger partial charge in [0.15, 0.2) is 0 Å². The van der Waals surface area contributed by atoms with E-state index >= 15 is 0 Å². The lowest BCUT2D eigenvalue weighted by Gasteiger charge is -2.08. The first-order chi connectivity index (χ1) is 8.29. The second-order valence-corrected chi connectivity index (χ2v) is 4.34. The zero-order valence-corrected chi connectivity index (χ0v) is 11.0. The zero-order chi connectivity index (χ0) is 12.1. The maximum absolute atomic E-state index is 4.15. The van der Waals surface area contributed by atoms with Crippen molar-refractivity contribution < 1.29 is 0 Å². The highest BCUT2D eigenvalue weighted by molar-refractivity contribution is 9.10. The molecule has 2 aromatic rings. The van der Waals surface area contributed by atoms with E-state index in [1.807, 2.05) is 31.3 Å². The molecule has 0 aliphatic heterocycles. The third-order valence-corrected chi connectivity index (χ3v) is 3.11. The molecule has 0 aliphatic carbocycles. The Bertz CT molecular complexity index is 501. The highest BCUT2D eigenvalue weighted by atomic mass is 79.9. The summed E-state index contributed by atoms with van der Waals surface area (Å²) in [6.07, 6.45) is 1.54. The summed E-state index contributed by atoms with van der Waals surface area (Å²) in [4.78, 5) is 8.21. The SMILES string of the molecule is CNc1cc(NCc2ccccc2Br)ncn1. The van der Waals surface area contributed by atoms with Crippen molar-refractivity contribution >= 4 is 27.6 Å². The van der Waals surface area contributed by atoms with Gasteiger partial charge < -0.3 is 10.6 Å². The first-order valence-corrected chi connectivity index (χ1v) is 6.06. The van der Waals surface area contributed by atoms with Crippen molar-refractivity contribution in [3.63, 3.8) is 0 Å². The molecule has 0 unspecified atom stereocenters. The number of nitrogens with zero attached hydrogens (tertiary/aromatic N) is 2. The van der Waals surface area contributed by atoms with E-state index in [2.05, 4.69) is 42.6 Å². The van der Waals surface area contributed by atoms with Crippen LogP contribution in [0.15, 0.2) is 41.1 Å². The van der Waals surface area contributed by atoms with Gasteiger partial charge in [0.1, 0.15) is 18.0 Å². The van der Waals surface area contributed by atoms with E-state index in [1.165, 1.54) is 11.9 Å². The van der Waals surface area contributed by atoms with Crippen molar-refractivity contribution in [1.82, 2.24) is 9.97 Å². The molecule has 0 saturated carbocycles. The van der Waals surface area contributed by atoms with Gasteiger partial charge in [-0.25, -0.2) is 9.97 Å². The molecular weight excluding hydrogens is 280 g/mol. The molecule has 17 heavy (non-hydrogen) atoms. The molecule has 0 spiro atoms. The Kier molecular flexibility index (Phi) is 3.93. The fourth-order valence-corrected chi connectivity index (χ4v) is 1.84. The van der Waals surface area contributed by atoms with Crippen LogP contribution in [-0.2, 0) is 6.54 Å². The van der Waals surface area contributed by atoms with Gasteiger partial charge in [0.25, 0.3) is 0 Å². The molecule has 0 radical (unpaired) electrons. The van der Waals surface area contributed by atoms with E-state index in [-0.39, 0.29) is 0 Å². The summed E-state index contributed by atoms with van der Waals surface area (Å²) in [5, 5.41) is 6.23. The molecule has 0 fully saturated rings. The largest absolute Gasteiger partial charge is 0.373 e. The Balaban J connectivity index is 2.05. The van der Waals surface area contributed by atoms with Gasteiger partial charge in [-0.05, 0) is 11.6 Å². The van der Waals surface area contributed by atoms with Crippen LogP contribution in [0.3, 0.4) is 0 Å². The summed E-state index contributed by atoms with van der Waals surface area (Å²) < 4.78 is 1.09. The number of hydrogen-bond acceptors (Lipinski definition) is 4. The molecule has 88 valence electrons. The zero-order valence-electron chi connectivity index (χ0n) is 9.44. The van der Waals surface area contributed by atoms with Crippen molar-refractivity contribution in [1.29, 1.82) is 0 Å². The summed E-state index contributed by atoms with van der Waals surface area (Å²) >= 11 is 3.51. The predicted molar refractivity (Wildman–Crippen MR) is 73.0 cm³/mol. The first-order valence-electron chi connectivity index (χ1n) is 5.26. The van der Waals surface area contributed by atoms with Gasteiger partial charge in [-0.15, -0.1) is 0 Å². The second-order valence-electron chi connectivity index (χ2n) is 3.48. The maximum Gasteiger partial charge on any atom is 0.131 e. The number of rotatable bonds is 4. The Morgan fingerprint density at radius 2 is 1.94 bits per heavy atom. The summed E-state index contributed by atoms with van der Waals surface area (Å²) in [7, 11) is 1.83. The number of halogens is 1. The highest BCUT2D eigenvalue weighted by Gasteiger charge is 2.00. The van der Waals surface area contributed by atoms with Crippen molar-refractivity contribution in [3.05, 3.63) is 46.7 Å². The smallest absolute Gasteiger partial charge is 0.131 e. The summed E-state index contributed by atoms with van der Waals surface area (Å²) in [6, 6.07) is 9.97. The van der Waals surface area contributed by atoms with E-state index in [1.54, 1.807) is 0 Å². The highest BCUT2D eigenvalue weighted by Crippen LogP contribution is 2.17. The van der Waals surface area contributed by atoms with Crippen molar-refractivity contribution in [2.75, 3.05) is 17.7 Å². The number of nitrogens with one attached hydrogen (secondary N) is 2. The molecule has 5 heteroatoms. The normalized spacial score (nSPS) is 10.0. The molecule has 0 aliphatic rings. The molecule has 4 nitrogen and oxygen atoms in total. The Labute approximate surface area is 109 Å². The summed E-state index contributed by atoms with van der Waals surface area (Å²) in [5.74, 6) is 1.61. The number of aromatic nitrogens is 2. The molecule has 1 aromatic carbocycles. The van der Waals surface area contributed by atoms with Crippen LogP contribution in [0.1, 0.15) is 5.56 Å². The van der Waals surface area contributed by atoms with E-state index < -0.39 is 0 Å². The minimum atomic E-state index is 0.724. The Morgan fingerprint density at radius 3 is 2.71 bits per heavy atom. The van der Waals surface area contributed by atoms with Gasteiger partial charge >= 0.3 is 0 Å². The monoisotopic (exact) mass is 292 g/mol. The molecule has 1 aromatic heterocycles. The fourth-order valence-electron chi connectivity index (χ4n) is 1.42. The fraction of sp³-hybridized carbons (Fsp3) is 0.167. The van der Waals surface area contributed by atoms with Crippen LogP contribution in [0.2, 0.25) is 0 Å². The lowest BCUT2D eigenvalue weighted by Crippen LogP contribution is -2.03. The molecule has 0 saturated heterocycles. The average Bonchev–Trinajstić information content (AvgIpc) is 2.38. The van der Waals surface area contributed by atoms with Crippen LogP contribution >= 0.6 is 15.9 Å². The van der Waals surface area contributed by atoms with Gasteiger partial charge in [0.05, 0.1) is 0 Å². The second kappa shape index (κ2) is 5.63. The van der Waals surface area contributed by atoms with E-state index in [0.717, 1.165) is 22.7 Å². The van der Waals surface area contributed by atoms with Gasteiger partial charge in [0, 0.05) is 24.1 Å². The molecule has 0 amide bonds. The molecule has 2 rings (SSSR count). The molecule has 2 N–H and O–H groups in total. The lowest BCUT2D eigenvalue weighted by atomic mass is 10.2. The number of anilines is 2. The minimum Gasteiger partial charge on any atom is -0.373 e. The number of hydrogen-bond donors (Lipinski definition) is 2. The Morgan fingerprint density at radius 1 is 1.18 bits per heavy atom. The van der Waals surface area contributed by atoms with Crippen LogP contribution in [0.5, 0.6) is 0 Å². The van der Waals surface area contributed by atoms with Gasteiger partial charge in [-0.2, -0.15) is 0 Å². The van der Waals surface area contributed by atoms with E-state index in [4.69, 9.17) is 0 Å². The first kappa shape index (κ1) is 11.9. The van der Waals surface area contributed by atoms with Gasteiger partial charge in [0.2, 0.25) is 0 Å². The van der Waals surface area contributed by atoms with E-state index in [0.29, 0.717) is 0 Å². The van der Waals surface area contributed by atoms with Crippen LogP contribution in [0.25, 0.3) is 0 Å². The molecule has 0 bridgehead atoms. The van der Waals surface area contributed by atoms with E-state index in [9.17, 15) is 0 Å². The lowest BCUT2D eigenvalue weighted by molar-refractivity contribution is 1.07.